The van der Waals surface area contributed by atoms with Crippen LogP contribution in [0, 0.1) is 12.7 Å². The molecular formula is C23H26FN7O. The molecule has 1 aliphatic heterocycles. The van der Waals surface area contributed by atoms with Gasteiger partial charge in [0.1, 0.15) is 17.5 Å². The first-order valence-corrected chi connectivity index (χ1v) is 10.7. The molecule has 1 aromatic carbocycles. The van der Waals surface area contributed by atoms with E-state index >= 15 is 0 Å². The highest BCUT2D eigenvalue weighted by Crippen LogP contribution is 2.51. The van der Waals surface area contributed by atoms with Gasteiger partial charge in [-0.25, -0.2) is 9.37 Å². The first-order valence-electron chi connectivity index (χ1n) is 10.7. The first kappa shape index (κ1) is 20.4. The minimum absolute atomic E-state index is 0.0267. The van der Waals surface area contributed by atoms with Crippen LogP contribution in [0.5, 0.6) is 0 Å². The Kier molecular flexibility index (Phi) is 4.83. The number of benzene rings is 1. The number of fused-ring (bicyclic) bond motifs is 1. The summed E-state index contributed by atoms with van der Waals surface area (Å²) in [6, 6.07) is 6.75. The first-order chi connectivity index (χ1) is 15.3. The third kappa shape index (κ3) is 3.47. The molecule has 3 aromatic rings. The van der Waals surface area contributed by atoms with Crippen molar-refractivity contribution in [1.29, 1.82) is 0 Å². The van der Waals surface area contributed by atoms with Crippen molar-refractivity contribution in [1.82, 2.24) is 19.7 Å². The lowest BCUT2D eigenvalue weighted by Crippen LogP contribution is -2.49. The van der Waals surface area contributed by atoms with E-state index in [1.54, 1.807) is 11.9 Å². The predicted octanol–water partition coefficient (Wildman–Crippen LogP) is 3.26. The van der Waals surface area contributed by atoms with Gasteiger partial charge in [0, 0.05) is 38.3 Å². The van der Waals surface area contributed by atoms with E-state index in [0.29, 0.717) is 24.5 Å². The Labute approximate surface area is 186 Å². The molecule has 5 rings (SSSR count). The van der Waals surface area contributed by atoms with Crippen molar-refractivity contribution >= 4 is 23.4 Å². The number of aryl methyl sites for hydroxylation is 1. The van der Waals surface area contributed by atoms with E-state index in [1.807, 2.05) is 55.0 Å². The van der Waals surface area contributed by atoms with Crippen molar-refractivity contribution in [2.75, 3.05) is 29.2 Å². The van der Waals surface area contributed by atoms with Crippen molar-refractivity contribution in [3.8, 4) is 0 Å². The monoisotopic (exact) mass is 435 g/mol. The lowest BCUT2D eigenvalue weighted by atomic mass is 10.1. The molecule has 0 spiro atoms. The molecule has 32 heavy (non-hydrogen) atoms. The molecule has 0 unspecified atom stereocenters. The number of halogens is 1. The molecule has 3 atom stereocenters. The lowest BCUT2D eigenvalue weighted by molar-refractivity contribution is -0.119. The van der Waals surface area contributed by atoms with Gasteiger partial charge in [-0.15, -0.1) is 0 Å². The summed E-state index contributed by atoms with van der Waals surface area (Å²) in [5.74, 6) is 1.45. The maximum absolute atomic E-state index is 13.2. The maximum atomic E-state index is 13.2. The zero-order valence-corrected chi connectivity index (χ0v) is 18.6. The molecule has 2 aromatic heterocycles. The van der Waals surface area contributed by atoms with E-state index in [4.69, 9.17) is 0 Å². The Morgan fingerprint density at radius 1 is 1.19 bits per heavy atom. The van der Waals surface area contributed by atoms with Gasteiger partial charge in [-0.2, -0.15) is 10.1 Å². The van der Waals surface area contributed by atoms with Crippen LogP contribution in [-0.4, -0.2) is 45.8 Å². The standard InChI is InChI=1S/C23H26FN7O/c1-13-20-21(29(3)14(2)22(32)30(20)4)28-23(27-13)25-10-15-11-26-31(12-15)19-9-18(19)16-5-7-17(24)8-6-16/h5-8,11-12,14,18-19H,9-10H2,1-4H3,(H,25,27,28)/t14-,18-,19-/m0/s1. The molecule has 0 radical (unpaired) electrons. The SMILES string of the molecule is Cc1nc(NCc2cnn([C@H]3C[C@H]3c3ccc(F)cc3)c2)nc2c1N(C)C(=O)[C@H](C)N2C. The van der Waals surface area contributed by atoms with E-state index < -0.39 is 0 Å². The number of likely N-dealkylation sites (N-methyl/N-ethyl adjacent to an activating group) is 2. The number of carbonyl (C=O) groups excluding carboxylic acids is 1. The minimum Gasteiger partial charge on any atom is -0.350 e. The number of carbonyl (C=O) groups is 1. The zero-order chi connectivity index (χ0) is 22.6. The van der Waals surface area contributed by atoms with Gasteiger partial charge in [0.15, 0.2) is 5.82 Å². The molecule has 1 N–H and O–H groups in total. The summed E-state index contributed by atoms with van der Waals surface area (Å²) < 4.78 is 15.1. The second kappa shape index (κ2) is 7.58. The highest BCUT2D eigenvalue weighted by molar-refractivity contribution is 6.04. The Morgan fingerprint density at radius 2 is 1.94 bits per heavy atom. The fourth-order valence-electron chi connectivity index (χ4n) is 4.38. The third-order valence-corrected chi connectivity index (χ3v) is 6.48. The highest BCUT2D eigenvalue weighted by atomic mass is 19.1. The van der Waals surface area contributed by atoms with Crippen LogP contribution in [0.4, 0.5) is 21.8 Å². The van der Waals surface area contributed by atoms with E-state index in [0.717, 1.165) is 34.7 Å². The van der Waals surface area contributed by atoms with E-state index in [9.17, 15) is 9.18 Å². The average molecular weight is 436 g/mol. The maximum Gasteiger partial charge on any atom is 0.249 e. The fourth-order valence-corrected chi connectivity index (χ4v) is 4.38. The molecule has 3 heterocycles. The van der Waals surface area contributed by atoms with Crippen LogP contribution in [0.3, 0.4) is 0 Å². The number of amides is 1. The topological polar surface area (TPSA) is 79.2 Å². The van der Waals surface area contributed by atoms with Crippen molar-refractivity contribution in [3.63, 3.8) is 0 Å². The summed E-state index contributed by atoms with van der Waals surface area (Å²) in [5.41, 5.74) is 3.67. The Morgan fingerprint density at radius 3 is 2.69 bits per heavy atom. The fraction of sp³-hybridized carbons (Fsp3) is 0.391. The molecular weight excluding hydrogens is 409 g/mol. The van der Waals surface area contributed by atoms with Gasteiger partial charge in [0.25, 0.3) is 0 Å². The number of rotatable bonds is 5. The van der Waals surface area contributed by atoms with Crippen LogP contribution >= 0.6 is 0 Å². The largest absolute Gasteiger partial charge is 0.350 e. The predicted molar refractivity (Wildman–Crippen MR) is 120 cm³/mol. The molecule has 8 nitrogen and oxygen atoms in total. The van der Waals surface area contributed by atoms with Crippen LogP contribution in [0.2, 0.25) is 0 Å². The lowest BCUT2D eigenvalue weighted by Gasteiger charge is -2.37. The molecule has 1 saturated carbocycles. The number of nitrogens with zero attached hydrogens (tertiary/aromatic N) is 6. The highest BCUT2D eigenvalue weighted by Gasteiger charge is 2.40. The van der Waals surface area contributed by atoms with Gasteiger partial charge in [-0.1, -0.05) is 12.1 Å². The molecule has 2 aliphatic rings. The second-order valence-corrected chi connectivity index (χ2v) is 8.63. The molecule has 0 bridgehead atoms. The summed E-state index contributed by atoms with van der Waals surface area (Å²) in [7, 11) is 3.64. The molecule has 166 valence electrons. The quantitative estimate of drug-likeness (QED) is 0.663. The van der Waals surface area contributed by atoms with E-state index in [-0.39, 0.29) is 17.8 Å². The smallest absolute Gasteiger partial charge is 0.249 e. The molecule has 1 fully saturated rings. The van der Waals surface area contributed by atoms with Crippen LogP contribution in [0.15, 0.2) is 36.7 Å². The zero-order valence-electron chi connectivity index (χ0n) is 18.6. The van der Waals surface area contributed by atoms with Gasteiger partial charge in [-0.05, 0) is 38.0 Å². The van der Waals surface area contributed by atoms with Gasteiger partial charge in [0.2, 0.25) is 11.9 Å². The third-order valence-electron chi connectivity index (χ3n) is 6.48. The summed E-state index contributed by atoms with van der Waals surface area (Å²) in [4.78, 5) is 25.2. The van der Waals surface area contributed by atoms with Crippen LogP contribution in [-0.2, 0) is 11.3 Å². The van der Waals surface area contributed by atoms with Crippen molar-refractivity contribution in [2.45, 2.75) is 44.8 Å². The molecule has 0 saturated heterocycles. The molecule has 9 heteroatoms. The summed E-state index contributed by atoms with van der Waals surface area (Å²) in [6.45, 7) is 4.30. The molecule has 1 amide bonds. The summed E-state index contributed by atoms with van der Waals surface area (Å²) in [6.07, 6.45) is 4.89. The molecule has 1 aliphatic carbocycles. The average Bonchev–Trinajstić information content (AvgIpc) is 3.44. The number of hydrogen-bond donors (Lipinski definition) is 1. The van der Waals surface area contributed by atoms with Crippen LogP contribution in [0.1, 0.15) is 42.1 Å². The van der Waals surface area contributed by atoms with Gasteiger partial charge >= 0.3 is 0 Å². The Balaban J connectivity index is 1.27. The number of aromatic nitrogens is 4. The van der Waals surface area contributed by atoms with Gasteiger partial charge in [0.05, 0.1) is 17.9 Å². The van der Waals surface area contributed by atoms with Crippen LogP contribution < -0.4 is 15.1 Å². The minimum atomic E-state index is -0.277. The summed E-state index contributed by atoms with van der Waals surface area (Å²) >= 11 is 0. The van der Waals surface area contributed by atoms with Crippen molar-refractivity contribution in [2.24, 2.45) is 0 Å². The number of anilines is 3. The Hall–Kier alpha value is -3.49. The normalized spacial score (nSPS) is 22.2. The van der Waals surface area contributed by atoms with Crippen molar-refractivity contribution < 1.29 is 9.18 Å². The summed E-state index contributed by atoms with van der Waals surface area (Å²) in [5, 5.41) is 7.81. The number of nitrogens with one attached hydrogen (secondary N) is 1. The van der Waals surface area contributed by atoms with E-state index in [2.05, 4.69) is 20.4 Å². The van der Waals surface area contributed by atoms with Crippen molar-refractivity contribution in [3.05, 3.63) is 59.3 Å². The van der Waals surface area contributed by atoms with Crippen LogP contribution in [0.25, 0.3) is 0 Å². The van der Waals surface area contributed by atoms with E-state index in [1.165, 1.54) is 12.1 Å². The Bertz CT molecular complexity index is 1180. The van der Waals surface area contributed by atoms with Gasteiger partial charge < -0.3 is 15.1 Å². The number of hydrogen-bond acceptors (Lipinski definition) is 6. The van der Waals surface area contributed by atoms with Gasteiger partial charge in [-0.3, -0.25) is 9.48 Å². The second-order valence-electron chi connectivity index (χ2n) is 8.63.